The fourth-order valence-electron chi connectivity index (χ4n) is 0.981. The van der Waals surface area contributed by atoms with Gasteiger partial charge in [0.2, 0.25) is 11.3 Å². The van der Waals surface area contributed by atoms with Gasteiger partial charge in [0, 0.05) is 12.3 Å². The molecule has 2 heterocycles. The molecule has 0 atom stereocenters. The SMILES string of the molecule is O=c1cc[nH]c(-c2ncco2)c1O. The molecule has 0 aliphatic carbocycles. The first-order valence-corrected chi connectivity index (χ1v) is 3.59. The Kier molecular flexibility index (Phi) is 1.63. The highest BCUT2D eigenvalue weighted by molar-refractivity contribution is 5.55. The minimum Gasteiger partial charge on any atom is -0.503 e. The Morgan fingerprint density at radius 3 is 3.08 bits per heavy atom. The van der Waals surface area contributed by atoms with E-state index in [4.69, 9.17) is 4.42 Å². The van der Waals surface area contributed by atoms with Gasteiger partial charge < -0.3 is 14.5 Å². The van der Waals surface area contributed by atoms with E-state index >= 15 is 0 Å². The van der Waals surface area contributed by atoms with Crippen molar-refractivity contribution >= 4 is 0 Å². The lowest BCUT2D eigenvalue weighted by molar-refractivity contribution is 0.465. The largest absolute Gasteiger partial charge is 0.503 e. The third-order valence-electron chi connectivity index (χ3n) is 1.58. The van der Waals surface area contributed by atoms with Crippen molar-refractivity contribution in [1.82, 2.24) is 9.97 Å². The van der Waals surface area contributed by atoms with Crippen LogP contribution in [0.25, 0.3) is 11.6 Å². The second-order valence-electron chi connectivity index (χ2n) is 2.40. The first-order chi connectivity index (χ1) is 6.29. The Hall–Kier alpha value is -2.04. The zero-order valence-corrected chi connectivity index (χ0v) is 6.52. The highest BCUT2D eigenvalue weighted by atomic mass is 16.3. The quantitative estimate of drug-likeness (QED) is 0.674. The predicted octanol–water partition coefficient (Wildman–Crippen LogP) is 0.735. The molecule has 5 heteroatoms. The van der Waals surface area contributed by atoms with Gasteiger partial charge in [-0.15, -0.1) is 0 Å². The van der Waals surface area contributed by atoms with Crippen LogP contribution in [0, 0.1) is 0 Å². The lowest BCUT2D eigenvalue weighted by Crippen LogP contribution is -2.00. The zero-order valence-electron chi connectivity index (χ0n) is 6.52. The summed E-state index contributed by atoms with van der Waals surface area (Å²) in [6, 6.07) is 1.22. The molecule has 2 rings (SSSR count). The third-order valence-corrected chi connectivity index (χ3v) is 1.58. The summed E-state index contributed by atoms with van der Waals surface area (Å²) in [4.78, 5) is 17.5. The number of aromatic nitrogens is 2. The average Bonchev–Trinajstić information content (AvgIpc) is 2.62. The van der Waals surface area contributed by atoms with Gasteiger partial charge in [-0.05, 0) is 0 Å². The van der Waals surface area contributed by atoms with Gasteiger partial charge in [-0.25, -0.2) is 4.98 Å². The number of H-pyrrole nitrogens is 1. The van der Waals surface area contributed by atoms with Gasteiger partial charge in [-0.2, -0.15) is 0 Å². The van der Waals surface area contributed by atoms with Gasteiger partial charge in [0.15, 0.2) is 5.75 Å². The molecular weight excluding hydrogens is 172 g/mol. The molecule has 0 bridgehead atoms. The molecule has 0 aliphatic rings. The maximum Gasteiger partial charge on any atom is 0.246 e. The molecule has 0 saturated heterocycles. The lowest BCUT2D eigenvalue weighted by Gasteiger charge is -1.97. The number of pyridine rings is 1. The van der Waals surface area contributed by atoms with E-state index in [0.717, 1.165) is 0 Å². The minimum atomic E-state index is -0.466. The number of rotatable bonds is 1. The molecule has 0 aliphatic heterocycles. The van der Waals surface area contributed by atoms with Crippen molar-refractivity contribution in [2.24, 2.45) is 0 Å². The maximum atomic E-state index is 11.0. The summed E-state index contributed by atoms with van der Waals surface area (Å²) in [5.41, 5.74) is -0.274. The molecule has 2 aromatic rings. The predicted molar refractivity (Wildman–Crippen MR) is 44.2 cm³/mol. The molecule has 0 radical (unpaired) electrons. The van der Waals surface area contributed by atoms with E-state index in [0.29, 0.717) is 0 Å². The summed E-state index contributed by atoms with van der Waals surface area (Å²) in [6.45, 7) is 0. The topological polar surface area (TPSA) is 79.1 Å². The fraction of sp³-hybridized carbons (Fsp3) is 0. The van der Waals surface area contributed by atoms with Crippen molar-refractivity contribution in [3.63, 3.8) is 0 Å². The van der Waals surface area contributed by atoms with Gasteiger partial charge in [0.25, 0.3) is 0 Å². The average molecular weight is 178 g/mol. The van der Waals surface area contributed by atoms with Crippen LogP contribution in [0.3, 0.4) is 0 Å². The number of nitrogens with one attached hydrogen (secondary N) is 1. The van der Waals surface area contributed by atoms with Crippen LogP contribution in [0.5, 0.6) is 5.75 Å². The van der Waals surface area contributed by atoms with Crippen molar-refractivity contribution < 1.29 is 9.52 Å². The van der Waals surface area contributed by atoms with Gasteiger partial charge in [0.1, 0.15) is 12.0 Å². The molecule has 2 N–H and O–H groups in total. The number of aromatic hydroxyl groups is 1. The van der Waals surface area contributed by atoms with E-state index in [2.05, 4.69) is 9.97 Å². The van der Waals surface area contributed by atoms with Crippen LogP contribution in [-0.2, 0) is 0 Å². The Labute approximate surface area is 72.7 Å². The van der Waals surface area contributed by atoms with E-state index < -0.39 is 5.43 Å². The molecular formula is C8H6N2O3. The van der Waals surface area contributed by atoms with Gasteiger partial charge in [-0.1, -0.05) is 0 Å². The molecule has 0 fully saturated rings. The first kappa shape index (κ1) is 7.60. The monoisotopic (exact) mass is 178 g/mol. The number of hydrogen-bond acceptors (Lipinski definition) is 4. The summed E-state index contributed by atoms with van der Waals surface area (Å²) in [6.07, 6.45) is 4.21. The van der Waals surface area contributed by atoms with Crippen LogP contribution >= 0.6 is 0 Å². The lowest BCUT2D eigenvalue weighted by atomic mass is 10.3. The van der Waals surface area contributed by atoms with Crippen LogP contribution in [-0.4, -0.2) is 15.1 Å². The number of nitrogens with zero attached hydrogens (tertiary/aromatic N) is 1. The third kappa shape index (κ3) is 1.20. The second kappa shape index (κ2) is 2.78. The molecule has 13 heavy (non-hydrogen) atoms. The Balaban J connectivity index is 2.66. The molecule has 0 amide bonds. The second-order valence-corrected chi connectivity index (χ2v) is 2.40. The van der Waals surface area contributed by atoms with Crippen LogP contribution in [0.2, 0.25) is 0 Å². The van der Waals surface area contributed by atoms with Crippen LogP contribution in [0.4, 0.5) is 0 Å². The maximum absolute atomic E-state index is 11.0. The summed E-state index contributed by atoms with van der Waals surface area (Å²) in [5.74, 6) is -0.194. The summed E-state index contributed by atoms with van der Waals surface area (Å²) in [5, 5.41) is 9.33. The summed E-state index contributed by atoms with van der Waals surface area (Å²) >= 11 is 0. The van der Waals surface area contributed by atoms with Gasteiger partial charge >= 0.3 is 0 Å². The Morgan fingerprint density at radius 1 is 1.54 bits per heavy atom. The van der Waals surface area contributed by atoms with Crippen molar-refractivity contribution in [1.29, 1.82) is 0 Å². The van der Waals surface area contributed by atoms with E-state index in [9.17, 15) is 9.90 Å². The number of hydrogen-bond donors (Lipinski definition) is 2. The molecule has 0 spiro atoms. The molecule has 0 aromatic carbocycles. The van der Waals surface area contributed by atoms with Gasteiger partial charge in [0.05, 0.1) is 6.20 Å². The standard InChI is InChI=1S/C8H6N2O3/c11-5-1-2-9-6(7(5)12)8-10-3-4-13-8/h1-4,12H,(H,9,11). The highest BCUT2D eigenvalue weighted by Crippen LogP contribution is 2.20. The highest BCUT2D eigenvalue weighted by Gasteiger charge is 2.10. The smallest absolute Gasteiger partial charge is 0.246 e. The van der Waals surface area contributed by atoms with E-state index in [-0.39, 0.29) is 17.3 Å². The normalized spacial score (nSPS) is 10.2. The van der Waals surface area contributed by atoms with Crippen LogP contribution in [0.15, 0.2) is 33.9 Å². The Bertz CT molecular complexity index is 458. The van der Waals surface area contributed by atoms with Gasteiger partial charge in [-0.3, -0.25) is 4.79 Å². The molecule has 0 saturated carbocycles. The van der Waals surface area contributed by atoms with Crippen molar-refractivity contribution in [3.8, 4) is 17.3 Å². The van der Waals surface area contributed by atoms with E-state index in [1.807, 2.05) is 0 Å². The van der Waals surface area contributed by atoms with E-state index in [1.54, 1.807) is 0 Å². The molecule has 2 aromatic heterocycles. The molecule has 5 nitrogen and oxygen atoms in total. The van der Waals surface area contributed by atoms with Crippen LogP contribution < -0.4 is 5.43 Å². The number of aromatic amines is 1. The van der Waals surface area contributed by atoms with E-state index in [1.165, 1.54) is 24.7 Å². The zero-order chi connectivity index (χ0) is 9.26. The van der Waals surface area contributed by atoms with Crippen LogP contribution in [0.1, 0.15) is 0 Å². The first-order valence-electron chi connectivity index (χ1n) is 3.59. The summed E-state index contributed by atoms with van der Waals surface area (Å²) in [7, 11) is 0. The molecule has 66 valence electrons. The number of oxazole rings is 1. The minimum absolute atomic E-state index is 0.190. The molecule has 0 unspecified atom stereocenters. The van der Waals surface area contributed by atoms with Crippen molar-refractivity contribution in [2.75, 3.05) is 0 Å². The summed E-state index contributed by atoms with van der Waals surface area (Å²) < 4.78 is 4.91. The Morgan fingerprint density at radius 2 is 2.38 bits per heavy atom. The van der Waals surface area contributed by atoms with Crippen molar-refractivity contribution in [3.05, 3.63) is 34.9 Å². The van der Waals surface area contributed by atoms with Crippen molar-refractivity contribution in [2.45, 2.75) is 0 Å². The fourth-order valence-corrected chi connectivity index (χ4v) is 0.981.